The molecular weight excluding hydrogens is 446 g/mol. The predicted molar refractivity (Wildman–Crippen MR) is 126 cm³/mol. The van der Waals surface area contributed by atoms with Crippen molar-refractivity contribution >= 4 is 27.5 Å². The highest BCUT2D eigenvalue weighted by Crippen LogP contribution is 2.29. The van der Waals surface area contributed by atoms with Crippen molar-refractivity contribution in [1.82, 2.24) is 9.62 Å². The first-order valence-electron chi connectivity index (χ1n) is 10.5. The van der Waals surface area contributed by atoms with Gasteiger partial charge in [-0.2, -0.15) is 0 Å². The van der Waals surface area contributed by atoms with Gasteiger partial charge in [-0.25, -0.2) is 12.7 Å². The van der Waals surface area contributed by atoms with E-state index in [1.165, 1.54) is 39.4 Å². The van der Waals surface area contributed by atoms with Gasteiger partial charge in [0, 0.05) is 14.1 Å². The number of nitrogens with zero attached hydrogens (tertiary/aromatic N) is 1. The van der Waals surface area contributed by atoms with Gasteiger partial charge in [-0.3, -0.25) is 9.59 Å². The van der Waals surface area contributed by atoms with Gasteiger partial charge in [0.25, 0.3) is 5.91 Å². The number of methoxy groups -OCH3 is 1. The van der Waals surface area contributed by atoms with Crippen LogP contribution in [0.4, 0.5) is 5.69 Å². The van der Waals surface area contributed by atoms with Gasteiger partial charge in [-0.1, -0.05) is 26.0 Å². The lowest BCUT2D eigenvalue weighted by atomic mass is 10.0. The molecule has 9 nitrogen and oxygen atoms in total. The fourth-order valence-corrected chi connectivity index (χ4v) is 3.98. The van der Waals surface area contributed by atoms with Crippen molar-refractivity contribution in [2.45, 2.75) is 31.7 Å². The van der Waals surface area contributed by atoms with Crippen molar-refractivity contribution in [3.8, 4) is 11.5 Å². The molecule has 0 saturated heterocycles. The fourth-order valence-electron chi connectivity index (χ4n) is 3.06. The summed E-state index contributed by atoms with van der Waals surface area (Å²) >= 11 is 0. The average molecular weight is 478 g/mol. The first-order chi connectivity index (χ1) is 15.5. The zero-order valence-corrected chi connectivity index (χ0v) is 20.5. The molecule has 0 saturated carbocycles. The number of carbonyl (C=O) groups excluding carboxylic acids is 2. The van der Waals surface area contributed by atoms with Crippen LogP contribution < -0.4 is 20.1 Å². The Morgan fingerprint density at radius 1 is 1.06 bits per heavy atom. The van der Waals surface area contributed by atoms with Gasteiger partial charge < -0.3 is 20.1 Å². The summed E-state index contributed by atoms with van der Waals surface area (Å²) in [4.78, 5) is 26.0. The minimum Gasteiger partial charge on any atom is -0.495 e. The van der Waals surface area contributed by atoms with E-state index in [-0.39, 0.29) is 22.3 Å². The maximum Gasteiger partial charge on any atom is 0.255 e. The molecule has 0 radical (unpaired) electrons. The van der Waals surface area contributed by atoms with Crippen molar-refractivity contribution < 1.29 is 27.5 Å². The number of hydrogen-bond acceptors (Lipinski definition) is 6. The normalized spacial score (nSPS) is 12.4. The van der Waals surface area contributed by atoms with Gasteiger partial charge in [-0.15, -0.1) is 0 Å². The summed E-state index contributed by atoms with van der Waals surface area (Å²) in [6.07, 6.45) is 0. The predicted octanol–water partition coefficient (Wildman–Crippen LogP) is 2.74. The third-order valence-electron chi connectivity index (χ3n) is 4.87. The standard InChI is InChI=1S/C23H31N3O6S/c1-7-32-19-11-9-8-10-17(19)22(27)25-21(15(2)3)23(28)24-18-14-16(12-13-20(18)31-6)33(29,30)26(4)5/h8-15,21H,7H2,1-6H3,(H,24,28)(H,25,27)/t21-/m1/s1. The van der Waals surface area contributed by atoms with Crippen LogP contribution in [0.1, 0.15) is 31.1 Å². The first kappa shape index (κ1) is 26.1. The highest BCUT2D eigenvalue weighted by molar-refractivity contribution is 7.89. The number of rotatable bonds is 10. The molecule has 0 fully saturated rings. The van der Waals surface area contributed by atoms with Crippen LogP contribution in [-0.2, 0) is 14.8 Å². The third-order valence-corrected chi connectivity index (χ3v) is 6.69. The van der Waals surface area contributed by atoms with Gasteiger partial charge >= 0.3 is 0 Å². The van der Waals surface area contributed by atoms with E-state index in [2.05, 4.69) is 10.6 Å². The first-order valence-corrected chi connectivity index (χ1v) is 11.9. The SMILES string of the molecule is CCOc1ccccc1C(=O)N[C@@H](C(=O)Nc1cc(S(=O)(=O)N(C)C)ccc1OC)C(C)C. The van der Waals surface area contributed by atoms with Crippen LogP contribution in [0.25, 0.3) is 0 Å². The van der Waals surface area contributed by atoms with Crippen LogP contribution in [0.3, 0.4) is 0 Å². The van der Waals surface area contributed by atoms with Crippen molar-refractivity contribution in [1.29, 1.82) is 0 Å². The van der Waals surface area contributed by atoms with Crippen molar-refractivity contribution in [2.24, 2.45) is 5.92 Å². The summed E-state index contributed by atoms with van der Waals surface area (Å²) in [5.74, 6) is -0.512. The van der Waals surface area contributed by atoms with Crippen LogP contribution in [0.2, 0.25) is 0 Å². The number of nitrogens with one attached hydrogen (secondary N) is 2. The van der Waals surface area contributed by atoms with Gasteiger partial charge in [0.2, 0.25) is 15.9 Å². The molecule has 0 bridgehead atoms. The zero-order valence-electron chi connectivity index (χ0n) is 19.7. The summed E-state index contributed by atoms with van der Waals surface area (Å²) < 4.78 is 36.9. The van der Waals surface area contributed by atoms with Crippen molar-refractivity contribution in [3.63, 3.8) is 0 Å². The van der Waals surface area contributed by atoms with E-state index in [4.69, 9.17) is 9.47 Å². The van der Waals surface area contributed by atoms with E-state index in [1.54, 1.807) is 38.1 Å². The second kappa shape index (κ2) is 11.2. The third kappa shape index (κ3) is 6.23. The molecule has 2 aromatic carbocycles. The molecule has 0 aliphatic heterocycles. The minimum atomic E-state index is -3.72. The van der Waals surface area contributed by atoms with Crippen molar-refractivity contribution in [3.05, 3.63) is 48.0 Å². The monoisotopic (exact) mass is 477 g/mol. The molecule has 0 heterocycles. The topological polar surface area (TPSA) is 114 Å². The summed E-state index contributed by atoms with van der Waals surface area (Å²) in [6, 6.07) is 10.1. The molecule has 0 aliphatic carbocycles. The number of sulfonamides is 1. The molecule has 2 aromatic rings. The van der Waals surface area contributed by atoms with E-state index < -0.39 is 27.9 Å². The van der Waals surface area contributed by atoms with E-state index in [0.29, 0.717) is 17.9 Å². The lowest BCUT2D eigenvalue weighted by Crippen LogP contribution is -2.47. The highest BCUT2D eigenvalue weighted by Gasteiger charge is 2.27. The molecule has 0 spiro atoms. The maximum absolute atomic E-state index is 13.1. The Balaban J connectivity index is 2.32. The molecule has 1 atom stereocenters. The Morgan fingerprint density at radius 3 is 2.30 bits per heavy atom. The minimum absolute atomic E-state index is 0.000579. The fraction of sp³-hybridized carbons (Fsp3) is 0.391. The second-order valence-electron chi connectivity index (χ2n) is 7.76. The van der Waals surface area contributed by atoms with Crippen LogP contribution in [0.5, 0.6) is 11.5 Å². The van der Waals surface area contributed by atoms with E-state index >= 15 is 0 Å². The van der Waals surface area contributed by atoms with Crippen molar-refractivity contribution in [2.75, 3.05) is 33.1 Å². The van der Waals surface area contributed by atoms with E-state index in [1.807, 2.05) is 6.92 Å². The number of carbonyl (C=O) groups is 2. The number of amides is 2. The largest absolute Gasteiger partial charge is 0.495 e. The number of anilines is 1. The Hall–Kier alpha value is -3.11. The van der Waals surface area contributed by atoms with Gasteiger partial charge in [-0.05, 0) is 43.2 Å². The van der Waals surface area contributed by atoms with Gasteiger partial charge in [0.1, 0.15) is 17.5 Å². The summed E-state index contributed by atoms with van der Waals surface area (Å²) in [7, 11) is 0.533. The Kier molecular flexibility index (Phi) is 8.84. The molecular formula is C23H31N3O6S. The molecule has 2 rings (SSSR count). The summed E-state index contributed by atoms with van der Waals surface area (Å²) in [5.41, 5.74) is 0.495. The molecule has 33 heavy (non-hydrogen) atoms. The van der Waals surface area contributed by atoms with Crippen LogP contribution in [0.15, 0.2) is 47.4 Å². The summed E-state index contributed by atoms with van der Waals surface area (Å²) in [5, 5.41) is 5.45. The maximum atomic E-state index is 13.1. The molecule has 180 valence electrons. The summed E-state index contributed by atoms with van der Waals surface area (Å²) in [6.45, 7) is 5.80. The van der Waals surface area contributed by atoms with E-state index in [0.717, 1.165) is 4.31 Å². The van der Waals surface area contributed by atoms with Crippen LogP contribution >= 0.6 is 0 Å². The Morgan fingerprint density at radius 2 is 1.73 bits per heavy atom. The van der Waals surface area contributed by atoms with Gasteiger partial charge in [0.15, 0.2) is 0 Å². The molecule has 2 N–H and O–H groups in total. The quantitative estimate of drug-likeness (QED) is 0.544. The van der Waals surface area contributed by atoms with Gasteiger partial charge in [0.05, 0.1) is 29.9 Å². The number of ether oxygens (including phenoxy) is 2. The van der Waals surface area contributed by atoms with Crippen LogP contribution in [-0.4, -0.2) is 58.4 Å². The Labute approximate surface area is 195 Å². The second-order valence-corrected chi connectivity index (χ2v) is 9.91. The molecule has 10 heteroatoms. The molecule has 0 aliphatic rings. The average Bonchev–Trinajstić information content (AvgIpc) is 2.77. The number of benzene rings is 2. The lowest BCUT2D eigenvalue weighted by Gasteiger charge is -2.23. The molecule has 2 amide bonds. The lowest BCUT2D eigenvalue weighted by molar-refractivity contribution is -0.118. The van der Waals surface area contributed by atoms with E-state index in [9.17, 15) is 18.0 Å². The number of para-hydroxylation sites is 1. The number of hydrogen-bond donors (Lipinski definition) is 2. The Bertz CT molecular complexity index is 1100. The van der Waals surface area contributed by atoms with Crippen LogP contribution in [0, 0.1) is 5.92 Å². The zero-order chi connectivity index (χ0) is 24.8. The molecule has 0 unspecified atom stereocenters. The molecule has 0 aromatic heterocycles. The highest BCUT2D eigenvalue weighted by atomic mass is 32.2. The smallest absolute Gasteiger partial charge is 0.255 e.